The number of hydrogen-bond donors (Lipinski definition) is 0. The molecule has 3 unspecified atom stereocenters. The molecule has 0 radical (unpaired) electrons. The van der Waals surface area contributed by atoms with Crippen LogP contribution in [0.25, 0.3) is 22.6 Å². The molecule has 1 aromatic carbocycles. The summed E-state index contributed by atoms with van der Waals surface area (Å²) in [6.45, 7) is 5.30. The molecule has 1 aliphatic heterocycles. The summed E-state index contributed by atoms with van der Waals surface area (Å²) in [6.07, 6.45) is 1.95. The SMILES string of the molecule is CCCn1c(=O)c2c(nc3n2C(=O)OC(C)OC(=O)C2CCCC(C2)C(F)(F)c2cccc(c2)Cn2cc-3cn2)n(CC)c1=O. The predicted octanol–water partition coefficient (Wildman–Crippen LogP) is 4.49. The summed E-state index contributed by atoms with van der Waals surface area (Å²) in [6, 6.07) is 6.11. The predicted molar refractivity (Wildman–Crippen MR) is 158 cm³/mol. The molecule has 1 fully saturated rings. The second-order valence-corrected chi connectivity index (χ2v) is 11.6. The molecule has 3 aromatic heterocycles. The van der Waals surface area contributed by atoms with Crippen LogP contribution in [0.15, 0.2) is 46.2 Å². The Kier molecular flexibility index (Phi) is 7.91. The number of nitrogens with zero attached hydrogens (tertiary/aromatic N) is 6. The zero-order valence-corrected chi connectivity index (χ0v) is 25.2. The van der Waals surface area contributed by atoms with Gasteiger partial charge >= 0.3 is 17.8 Å². The maximum absolute atomic E-state index is 15.8. The van der Waals surface area contributed by atoms with Crippen LogP contribution in [0.1, 0.15) is 64.0 Å². The van der Waals surface area contributed by atoms with Gasteiger partial charge in [-0.05, 0) is 44.2 Å². The first-order valence-electron chi connectivity index (χ1n) is 15.2. The van der Waals surface area contributed by atoms with E-state index >= 15 is 8.78 Å². The third-order valence-corrected chi connectivity index (χ3v) is 8.59. The number of ether oxygens (including phenoxy) is 2. The largest absolute Gasteiger partial charge is 0.425 e. The van der Waals surface area contributed by atoms with E-state index in [4.69, 9.17) is 9.47 Å². The van der Waals surface area contributed by atoms with E-state index in [-0.39, 0.29) is 55.0 Å². The summed E-state index contributed by atoms with van der Waals surface area (Å²) in [5.74, 6) is -5.83. The lowest BCUT2D eigenvalue weighted by molar-refractivity contribution is -0.173. The lowest BCUT2D eigenvalue weighted by Gasteiger charge is -2.34. The molecule has 2 aliphatic rings. The highest BCUT2D eigenvalue weighted by Gasteiger charge is 2.45. The number of alkyl halides is 2. The van der Waals surface area contributed by atoms with Crippen molar-refractivity contribution >= 4 is 23.2 Å². The van der Waals surface area contributed by atoms with Gasteiger partial charge in [-0.1, -0.05) is 31.5 Å². The molecule has 238 valence electrons. The Morgan fingerprint density at radius 1 is 1.07 bits per heavy atom. The number of aromatic nitrogens is 6. The number of hydrogen-bond acceptors (Lipinski definition) is 8. The second kappa shape index (κ2) is 11.7. The molecular formula is C31H34F2N6O6. The highest BCUT2D eigenvalue weighted by atomic mass is 19.3. The van der Waals surface area contributed by atoms with Crippen LogP contribution in [0.4, 0.5) is 13.6 Å². The van der Waals surface area contributed by atoms with Crippen molar-refractivity contribution in [2.45, 2.75) is 84.7 Å². The Balaban J connectivity index is 1.53. The number of esters is 1. The zero-order valence-electron chi connectivity index (χ0n) is 25.2. The van der Waals surface area contributed by atoms with Gasteiger partial charge < -0.3 is 9.47 Å². The van der Waals surface area contributed by atoms with Gasteiger partial charge in [-0.15, -0.1) is 0 Å². The molecular weight excluding hydrogens is 590 g/mol. The van der Waals surface area contributed by atoms with Crippen LogP contribution in [0.2, 0.25) is 0 Å². The highest BCUT2D eigenvalue weighted by molar-refractivity contribution is 5.90. The molecule has 14 heteroatoms. The van der Waals surface area contributed by atoms with Crippen LogP contribution in [-0.4, -0.2) is 46.8 Å². The van der Waals surface area contributed by atoms with Gasteiger partial charge in [-0.3, -0.25) is 23.4 Å². The topological polar surface area (TPSA) is 132 Å². The molecule has 4 aromatic rings. The molecule has 6 rings (SSSR count). The van der Waals surface area contributed by atoms with Crippen LogP contribution in [0, 0.1) is 11.8 Å². The van der Waals surface area contributed by atoms with E-state index in [0.717, 1.165) is 9.13 Å². The third kappa shape index (κ3) is 5.35. The quantitative estimate of drug-likeness (QED) is 0.305. The first kappa shape index (κ1) is 30.4. The number of benzene rings is 1. The van der Waals surface area contributed by atoms with Crippen molar-refractivity contribution in [3.8, 4) is 11.4 Å². The summed E-state index contributed by atoms with van der Waals surface area (Å²) in [5, 5.41) is 4.37. The lowest BCUT2D eigenvalue weighted by Crippen LogP contribution is -2.41. The minimum atomic E-state index is -3.18. The van der Waals surface area contributed by atoms with Gasteiger partial charge in [-0.2, -0.15) is 5.10 Å². The Bertz CT molecular complexity index is 1910. The standard InChI is InChI=1S/C31H34F2N6O6/c1-4-12-38-27(40)24-26(37(5-2)29(38)42)35-25-21-15-34-36(17-21)16-19-8-6-10-22(13-19)31(32,33)23-11-7-9-20(14-23)28(41)44-18(3)45-30(43)39(24)25/h6,8,10,13,15,17-18,20,23H,4-5,7,9,11-12,14,16H2,1-3H3. The van der Waals surface area contributed by atoms with Gasteiger partial charge in [0.05, 0.1) is 24.2 Å². The molecule has 0 N–H and O–H groups in total. The first-order valence-corrected chi connectivity index (χ1v) is 15.2. The normalized spacial score (nSPS) is 21.8. The minimum Gasteiger partial charge on any atom is -0.425 e. The lowest BCUT2D eigenvalue weighted by atomic mass is 9.76. The molecule has 1 aliphatic carbocycles. The number of imidazole rings is 1. The van der Waals surface area contributed by atoms with Gasteiger partial charge in [-0.25, -0.2) is 27.9 Å². The summed E-state index contributed by atoms with van der Waals surface area (Å²) >= 11 is 0. The van der Waals surface area contributed by atoms with Gasteiger partial charge in [0.2, 0.25) is 6.29 Å². The summed E-state index contributed by atoms with van der Waals surface area (Å²) in [4.78, 5) is 58.4. The van der Waals surface area contributed by atoms with Gasteiger partial charge in [0.15, 0.2) is 17.0 Å². The van der Waals surface area contributed by atoms with Crippen LogP contribution >= 0.6 is 0 Å². The molecule has 3 atom stereocenters. The van der Waals surface area contributed by atoms with Crippen molar-refractivity contribution in [1.82, 2.24) is 28.5 Å². The molecule has 4 heterocycles. The number of carbonyl (C=O) groups is 2. The number of halogens is 2. The van der Waals surface area contributed by atoms with E-state index < -0.39 is 47.4 Å². The molecule has 0 spiro atoms. The van der Waals surface area contributed by atoms with E-state index in [2.05, 4.69) is 10.1 Å². The molecule has 0 amide bonds. The van der Waals surface area contributed by atoms with Crippen LogP contribution in [0.5, 0.6) is 0 Å². The first-order chi connectivity index (χ1) is 21.5. The monoisotopic (exact) mass is 624 g/mol. The van der Waals surface area contributed by atoms with E-state index in [9.17, 15) is 19.2 Å². The average molecular weight is 625 g/mol. The zero-order chi connectivity index (χ0) is 32.0. The van der Waals surface area contributed by atoms with E-state index in [1.54, 1.807) is 25.3 Å². The maximum Gasteiger partial charge on any atom is 0.423 e. The molecule has 12 nitrogen and oxygen atoms in total. The van der Waals surface area contributed by atoms with Crippen molar-refractivity contribution in [1.29, 1.82) is 0 Å². The summed E-state index contributed by atoms with van der Waals surface area (Å²) < 4.78 is 47.4. The minimum absolute atomic E-state index is 0.0155. The smallest absolute Gasteiger partial charge is 0.423 e. The van der Waals surface area contributed by atoms with E-state index in [1.165, 1.54) is 34.5 Å². The number of fused-ring (bicyclic) bond motifs is 10. The fourth-order valence-corrected chi connectivity index (χ4v) is 6.39. The molecule has 1 saturated carbocycles. The Hall–Kier alpha value is -4.62. The second-order valence-electron chi connectivity index (χ2n) is 11.6. The highest BCUT2D eigenvalue weighted by Crippen LogP contribution is 2.45. The van der Waals surface area contributed by atoms with Gasteiger partial charge in [0, 0.05) is 37.7 Å². The number of cyclic esters (lactones) is 2. The molecule has 45 heavy (non-hydrogen) atoms. The van der Waals surface area contributed by atoms with Crippen LogP contribution in [0.3, 0.4) is 0 Å². The molecule has 6 bridgehead atoms. The van der Waals surface area contributed by atoms with Gasteiger partial charge in [0.1, 0.15) is 0 Å². The number of aryl methyl sites for hydroxylation is 1. The molecule has 0 saturated heterocycles. The van der Waals surface area contributed by atoms with Crippen LogP contribution in [-0.2, 0) is 39.8 Å². The number of rotatable bonds is 3. The van der Waals surface area contributed by atoms with Crippen molar-refractivity contribution < 1.29 is 27.8 Å². The Labute approximate surface area is 256 Å². The van der Waals surface area contributed by atoms with Crippen molar-refractivity contribution in [3.05, 3.63) is 68.6 Å². The fourth-order valence-electron chi connectivity index (χ4n) is 6.39. The van der Waals surface area contributed by atoms with Crippen molar-refractivity contribution in [2.24, 2.45) is 11.8 Å². The van der Waals surface area contributed by atoms with E-state index in [1.807, 2.05) is 6.92 Å². The van der Waals surface area contributed by atoms with Crippen LogP contribution < -0.4 is 11.2 Å². The van der Waals surface area contributed by atoms with Crippen molar-refractivity contribution in [2.75, 3.05) is 0 Å². The summed E-state index contributed by atoms with van der Waals surface area (Å²) in [5.41, 5.74) is -0.735. The van der Waals surface area contributed by atoms with Gasteiger partial charge in [0.25, 0.3) is 11.5 Å². The maximum atomic E-state index is 15.8. The Morgan fingerprint density at radius 3 is 2.62 bits per heavy atom. The number of carbonyl (C=O) groups excluding carboxylic acids is 2. The third-order valence-electron chi connectivity index (χ3n) is 8.59. The summed E-state index contributed by atoms with van der Waals surface area (Å²) in [7, 11) is 0. The van der Waals surface area contributed by atoms with E-state index in [0.29, 0.717) is 30.4 Å². The average Bonchev–Trinajstić information content (AvgIpc) is 3.64. The Morgan fingerprint density at radius 2 is 1.87 bits per heavy atom. The fraction of sp³-hybridized carbons (Fsp3) is 0.484. The van der Waals surface area contributed by atoms with Crippen molar-refractivity contribution in [3.63, 3.8) is 0 Å².